The third-order valence-corrected chi connectivity index (χ3v) is 7.18. The van der Waals surface area contributed by atoms with Crippen LogP contribution in [0.4, 0.5) is 5.69 Å². The predicted octanol–water partition coefficient (Wildman–Crippen LogP) is 4.92. The molecule has 0 bridgehead atoms. The standard InChI is InChI=1S/C22H21Cl2NO5S/c1-25(31(27,28)15-9-11-20(29-2)21(13-15)30-3)19-10-8-14(23)12-17(19)22(26)16-6-4-5-7-18(16)24/h4-13,22,26H,1-3H3. The van der Waals surface area contributed by atoms with Crippen LogP contribution in [0.3, 0.4) is 0 Å². The van der Waals surface area contributed by atoms with Gasteiger partial charge in [0.2, 0.25) is 0 Å². The van der Waals surface area contributed by atoms with Crippen LogP contribution in [0.2, 0.25) is 10.0 Å². The molecule has 3 rings (SSSR count). The maximum absolute atomic E-state index is 13.4. The summed E-state index contributed by atoms with van der Waals surface area (Å²) >= 11 is 12.4. The number of aliphatic hydroxyl groups excluding tert-OH is 1. The Kier molecular flexibility index (Phi) is 7.01. The first-order chi connectivity index (χ1) is 14.7. The molecule has 0 radical (unpaired) electrons. The molecule has 1 unspecified atom stereocenters. The Bertz CT molecular complexity index is 1200. The van der Waals surface area contributed by atoms with E-state index in [2.05, 4.69) is 0 Å². The summed E-state index contributed by atoms with van der Waals surface area (Å²) in [7, 11) is 0.293. The van der Waals surface area contributed by atoms with Gasteiger partial charge in [0.05, 0.1) is 24.8 Å². The van der Waals surface area contributed by atoms with E-state index in [9.17, 15) is 13.5 Å². The fourth-order valence-electron chi connectivity index (χ4n) is 3.16. The van der Waals surface area contributed by atoms with Gasteiger partial charge in [0.15, 0.2) is 11.5 Å². The molecule has 0 aliphatic rings. The van der Waals surface area contributed by atoms with E-state index in [1.54, 1.807) is 30.3 Å². The Morgan fingerprint density at radius 2 is 1.58 bits per heavy atom. The zero-order chi connectivity index (χ0) is 22.8. The first-order valence-electron chi connectivity index (χ1n) is 9.13. The summed E-state index contributed by atoms with van der Waals surface area (Å²) in [5.74, 6) is 0.690. The van der Waals surface area contributed by atoms with Crippen molar-refractivity contribution in [1.82, 2.24) is 0 Å². The molecule has 0 fully saturated rings. The normalized spacial score (nSPS) is 12.3. The second-order valence-electron chi connectivity index (χ2n) is 6.62. The highest BCUT2D eigenvalue weighted by Crippen LogP contribution is 2.38. The molecular formula is C22H21Cl2NO5S. The number of ether oxygens (including phenoxy) is 2. The number of sulfonamides is 1. The van der Waals surface area contributed by atoms with E-state index in [0.717, 1.165) is 4.31 Å². The van der Waals surface area contributed by atoms with E-state index in [4.69, 9.17) is 32.7 Å². The number of aliphatic hydroxyl groups is 1. The van der Waals surface area contributed by atoms with Crippen molar-refractivity contribution in [3.05, 3.63) is 81.8 Å². The maximum Gasteiger partial charge on any atom is 0.264 e. The van der Waals surface area contributed by atoms with Crippen LogP contribution >= 0.6 is 23.2 Å². The number of hydrogen-bond donors (Lipinski definition) is 1. The van der Waals surface area contributed by atoms with E-state index in [1.807, 2.05) is 0 Å². The molecule has 0 amide bonds. The van der Waals surface area contributed by atoms with Crippen molar-refractivity contribution >= 4 is 38.9 Å². The molecule has 164 valence electrons. The molecule has 3 aromatic rings. The Balaban J connectivity index is 2.10. The summed E-state index contributed by atoms with van der Waals surface area (Å²) in [6.45, 7) is 0. The van der Waals surface area contributed by atoms with Gasteiger partial charge in [-0.3, -0.25) is 4.31 Å². The Labute approximate surface area is 191 Å². The zero-order valence-electron chi connectivity index (χ0n) is 17.0. The minimum atomic E-state index is -4.00. The van der Waals surface area contributed by atoms with Crippen molar-refractivity contribution in [3.8, 4) is 11.5 Å². The lowest BCUT2D eigenvalue weighted by Gasteiger charge is -2.25. The van der Waals surface area contributed by atoms with Crippen LogP contribution in [0.5, 0.6) is 11.5 Å². The molecule has 0 saturated carbocycles. The number of benzene rings is 3. The second-order valence-corrected chi connectivity index (χ2v) is 9.43. The van der Waals surface area contributed by atoms with Gasteiger partial charge in [-0.05, 0) is 36.4 Å². The molecule has 0 spiro atoms. The minimum Gasteiger partial charge on any atom is -0.493 e. The lowest BCUT2D eigenvalue weighted by Crippen LogP contribution is -2.28. The van der Waals surface area contributed by atoms with Gasteiger partial charge in [-0.15, -0.1) is 0 Å². The zero-order valence-corrected chi connectivity index (χ0v) is 19.4. The summed E-state index contributed by atoms with van der Waals surface area (Å²) in [5, 5.41) is 11.7. The van der Waals surface area contributed by atoms with Crippen LogP contribution in [0.15, 0.2) is 65.6 Å². The quantitative estimate of drug-likeness (QED) is 0.518. The third-order valence-electron chi connectivity index (χ3n) is 4.84. The summed E-state index contributed by atoms with van der Waals surface area (Å²) in [6.07, 6.45) is -1.19. The van der Waals surface area contributed by atoms with Crippen molar-refractivity contribution in [2.75, 3.05) is 25.6 Å². The fraction of sp³-hybridized carbons (Fsp3) is 0.182. The van der Waals surface area contributed by atoms with E-state index in [-0.39, 0.29) is 16.3 Å². The van der Waals surface area contributed by atoms with Crippen LogP contribution < -0.4 is 13.8 Å². The number of anilines is 1. The molecule has 3 aromatic carbocycles. The highest BCUT2D eigenvalue weighted by Gasteiger charge is 2.27. The third kappa shape index (κ3) is 4.60. The molecule has 1 atom stereocenters. The van der Waals surface area contributed by atoms with Gasteiger partial charge in [-0.25, -0.2) is 8.42 Å². The first-order valence-corrected chi connectivity index (χ1v) is 11.3. The smallest absolute Gasteiger partial charge is 0.264 e. The van der Waals surface area contributed by atoms with Gasteiger partial charge < -0.3 is 14.6 Å². The van der Waals surface area contributed by atoms with Gasteiger partial charge in [0, 0.05) is 34.3 Å². The Morgan fingerprint density at radius 3 is 2.23 bits per heavy atom. The average molecular weight is 482 g/mol. The molecule has 1 N–H and O–H groups in total. The summed E-state index contributed by atoms with van der Waals surface area (Å²) in [5.41, 5.74) is 0.989. The van der Waals surface area contributed by atoms with Crippen molar-refractivity contribution in [3.63, 3.8) is 0 Å². The summed E-state index contributed by atoms with van der Waals surface area (Å²) in [6, 6.07) is 15.7. The summed E-state index contributed by atoms with van der Waals surface area (Å²) in [4.78, 5) is 0.000725. The maximum atomic E-state index is 13.4. The van der Waals surface area contributed by atoms with Crippen LogP contribution in [0.25, 0.3) is 0 Å². The number of nitrogens with zero attached hydrogens (tertiary/aromatic N) is 1. The number of halogens is 2. The molecule has 6 nitrogen and oxygen atoms in total. The van der Waals surface area contributed by atoms with Gasteiger partial charge in [-0.2, -0.15) is 0 Å². The molecular weight excluding hydrogens is 461 g/mol. The van der Waals surface area contributed by atoms with E-state index in [1.165, 1.54) is 51.6 Å². The lowest BCUT2D eigenvalue weighted by atomic mass is 10.00. The largest absolute Gasteiger partial charge is 0.493 e. The number of methoxy groups -OCH3 is 2. The molecule has 9 heteroatoms. The number of hydrogen-bond acceptors (Lipinski definition) is 5. The molecule has 0 saturated heterocycles. The monoisotopic (exact) mass is 481 g/mol. The van der Waals surface area contributed by atoms with Crippen molar-refractivity contribution in [2.24, 2.45) is 0 Å². The highest BCUT2D eigenvalue weighted by molar-refractivity contribution is 7.92. The summed E-state index contributed by atoms with van der Waals surface area (Å²) < 4.78 is 38.2. The van der Waals surface area contributed by atoms with Crippen molar-refractivity contribution < 1.29 is 23.0 Å². The van der Waals surface area contributed by atoms with Gasteiger partial charge >= 0.3 is 0 Å². The fourth-order valence-corrected chi connectivity index (χ4v) is 4.82. The second kappa shape index (κ2) is 9.36. The minimum absolute atomic E-state index is 0.000725. The van der Waals surface area contributed by atoms with Gasteiger partial charge in [0.25, 0.3) is 10.0 Å². The van der Waals surface area contributed by atoms with Crippen LogP contribution in [0.1, 0.15) is 17.2 Å². The van der Waals surface area contributed by atoms with Crippen LogP contribution in [-0.4, -0.2) is 34.8 Å². The lowest BCUT2D eigenvalue weighted by molar-refractivity contribution is 0.221. The highest BCUT2D eigenvalue weighted by atomic mass is 35.5. The van der Waals surface area contributed by atoms with Crippen LogP contribution in [0, 0.1) is 0 Å². The first kappa shape index (κ1) is 23.2. The van der Waals surface area contributed by atoms with Gasteiger partial charge in [-0.1, -0.05) is 41.4 Å². The molecule has 31 heavy (non-hydrogen) atoms. The SMILES string of the molecule is COc1ccc(S(=O)(=O)N(C)c2ccc(Cl)cc2C(O)c2ccccc2Cl)cc1OC. The molecule has 0 aromatic heterocycles. The van der Waals surface area contributed by atoms with Crippen molar-refractivity contribution in [2.45, 2.75) is 11.0 Å². The molecule has 0 heterocycles. The topological polar surface area (TPSA) is 76.1 Å². The molecule has 0 aliphatic heterocycles. The van der Waals surface area contributed by atoms with E-state index in [0.29, 0.717) is 26.9 Å². The average Bonchev–Trinajstić information content (AvgIpc) is 2.77. The van der Waals surface area contributed by atoms with E-state index < -0.39 is 16.1 Å². The van der Waals surface area contributed by atoms with Crippen molar-refractivity contribution in [1.29, 1.82) is 0 Å². The number of rotatable bonds is 7. The Morgan fingerprint density at radius 1 is 0.903 bits per heavy atom. The molecule has 0 aliphatic carbocycles. The van der Waals surface area contributed by atoms with Crippen LogP contribution in [-0.2, 0) is 10.0 Å². The predicted molar refractivity (Wildman–Crippen MR) is 122 cm³/mol. The van der Waals surface area contributed by atoms with Gasteiger partial charge in [0.1, 0.15) is 6.10 Å². The van der Waals surface area contributed by atoms with E-state index >= 15 is 0 Å². The Hall–Kier alpha value is -2.45.